The number of carbonyl (C=O) groups is 4. The second-order valence-electron chi connectivity index (χ2n) is 9.18. The minimum atomic E-state index is -0.814. The molecule has 0 aromatic heterocycles. The number of likely N-dealkylation sites (tertiary alicyclic amines) is 1. The second-order valence-corrected chi connectivity index (χ2v) is 9.18. The topological polar surface area (TPSA) is 93.2 Å². The lowest BCUT2D eigenvalue weighted by atomic mass is 9.86. The van der Waals surface area contributed by atoms with Gasteiger partial charge in [-0.25, -0.2) is 14.5 Å². The highest BCUT2D eigenvalue weighted by molar-refractivity contribution is 6.17. The molecule has 4 rings (SSSR count). The van der Waals surface area contributed by atoms with Crippen LogP contribution >= 0.6 is 0 Å². The molecule has 3 amide bonds. The average molecular weight is 450 g/mol. The number of ether oxygens (including phenoxy) is 2. The van der Waals surface area contributed by atoms with Crippen molar-refractivity contribution in [3.05, 3.63) is 65.2 Å². The van der Waals surface area contributed by atoms with E-state index in [9.17, 15) is 19.2 Å². The number of amides is 3. The van der Waals surface area contributed by atoms with Crippen LogP contribution in [0.15, 0.2) is 48.5 Å². The Morgan fingerprint density at radius 2 is 1.76 bits per heavy atom. The lowest BCUT2D eigenvalue weighted by Crippen LogP contribution is -2.49. The molecule has 1 saturated heterocycles. The molecule has 0 aliphatic carbocycles. The molecule has 8 nitrogen and oxygen atoms in total. The highest BCUT2D eigenvalue weighted by atomic mass is 16.6. The third kappa shape index (κ3) is 4.20. The van der Waals surface area contributed by atoms with Crippen LogP contribution in [0.2, 0.25) is 0 Å². The van der Waals surface area contributed by atoms with Crippen LogP contribution in [-0.4, -0.2) is 41.5 Å². The second kappa shape index (κ2) is 8.35. The highest BCUT2D eigenvalue weighted by Gasteiger charge is 2.52. The van der Waals surface area contributed by atoms with Crippen molar-refractivity contribution < 1.29 is 28.7 Å². The summed E-state index contributed by atoms with van der Waals surface area (Å²) in [6, 6.07) is 13.5. The summed E-state index contributed by atoms with van der Waals surface area (Å²) in [5.74, 6) is -2.00. The number of hydrogen-bond donors (Lipinski definition) is 0. The van der Waals surface area contributed by atoms with Crippen LogP contribution in [0.5, 0.6) is 0 Å². The third-order valence-electron chi connectivity index (χ3n) is 5.75. The fourth-order valence-corrected chi connectivity index (χ4v) is 4.38. The number of rotatable bonds is 3. The maximum absolute atomic E-state index is 13.5. The third-order valence-corrected chi connectivity index (χ3v) is 5.75. The van der Waals surface area contributed by atoms with E-state index in [0.717, 1.165) is 10.5 Å². The van der Waals surface area contributed by atoms with Gasteiger partial charge in [-0.05, 0) is 44.5 Å². The number of nitrogens with zero attached hydrogens (tertiary/aromatic N) is 2. The molecule has 2 heterocycles. The first-order valence-electron chi connectivity index (χ1n) is 10.7. The summed E-state index contributed by atoms with van der Waals surface area (Å²) in [6.07, 6.45) is -0.843. The van der Waals surface area contributed by atoms with E-state index < -0.39 is 35.5 Å². The largest absolute Gasteiger partial charge is 0.465 e. The standard InChI is InChI=1S/C25H26N2O6/c1-25(2,3)33-24(31)27-19-11-10-16(23(30)32-4)12-17(19)21-18(22(27)29)13-20(28)26(21)14-15-8-6-5-7-9-15/h5-12,18,21H,13-14H2,1-4H3/t18-,21-/m1/s1. The molecule has 8 heteroatoms. The quantitative estimate of drug-likeness (QED) is 0.660. The molecule has 2 aliphatic heterocycles. The van der Waals surface area contributed by atoms with Crippen molar-refractivity contribution in [1.82, 2.24) is 4.90 Å². The van der Waals surface area contributed by atoms with Crippen molar-refractivity contribution in [3.8, 4) is 0 Å². The maximum atomic E-state index is 13.5. The molecule has 2 aliphatic rings. The SMILES string of the molecule is COC(=O)c1ccc2c(c1)[C@@H]1[C@@H](CC(=O)N1Cc1ccccc1)C(=O)N2C(=O)OC(C)(C)C. The maximum Gasteiger partial charge on any atom is 0.421 e. The summed E-state index contributed by atoms with van der Waals surface area (Å²) in [7, 11) is 1.28. The average Bonchev–Trinajstić information content (AvgIpc) is 3.09. The van der Waals surface area contributed by atoms with Gasteiger partial charge in [0, 0.05) is 18.5 Å². The Kier molecular flexibility index (Phi) is 5.69. The van der Waals surface area contributed by atoms with Gasteiger partial charge in [0.05, 0.1) is 30.3 Å². The first kappa shape index (κ1) is 22.5. The molecule has 2 atom stereocenters. The van der Waals surface area contributed by atoms with Gasteiger partial charge in [0.25, 0.3) is 0 Å². The molecular weight excluding hydrogens is 424 g/mol. The lowest BCUT2D eigenvalue weighted by molar-refractivity contribution is -0.129. The van der Waals surface area contributed by atoms with Crippen LogP contribution in [0.4, 0.5) is 10.5 Å². The van der Waals surface area contributed by atoms with E-state index in [2.05, 4.69) is 0 Å². The van der Waals surface area contributed by atoms with Crippen LogP contribution in [-0.2, 0) is 25.6 Å². The van der Waals surface area contributed by atoms with Gasteiger partial charge in [0.1, 0.15) is 5.60 Å². The molecule has 0 unspecified atom stereocenters. The summed E-state index contributed by atoms with van der Waals surface area (Å²) < 4.78 is 10.3. The Morgan fingerprint density at radius 3 is 2.39 bits per heavy atom. The van der Waals surface area contributed by atoms with E-state index in [1.165, 1.54) is 19.2 Å². The van der Waals surface area contributed by atoms with Crippen LogP contribution in [0, 0.1) is 5.92 Å². The minimum Gasteiger partial charge on any atom is -0.465 e. The normalized spacial score (nSPS) is 19.8. The summed E-state index contributed by atoms with van der Waals surface area (Å²) >= 11 is 0. The van der Waals surface area contributed by atoms with Gasteiger partial charge in [-0.3, -0.25) is 9.59 Å². The van der Waals surface area contributed by atoms with Crippen molar-refractivity contribution in [2.75, 3.05) is 12.0 Å². The van der Waals surface area contributed by atoms with E-state index in [0.29, 0.717) is 17.8 Å². The summed E-state index contributed by atoms with van der Waals surface area (Å²) in [4.78, 5) is 54.3. The Balaban J connectivity index is 1.82. The predicted molar refractivity (Wildman–Crippen MR) is 119 cm³/mol. The molecule has 0 N–H and O–H groups in total. The van der Waals surface area contributed by atoms with E-state index >= 15 is 0 Å². The minimum absolute atomic E-state index is 0.0302. The fourth-order valence-electron chi connectivity index (χ4n) is 4.38. The lowest BCUT2D eigenvalue weighted by Gasteiger charge is -2.38. The predicted octanol–water partition coefficient (Wildman–Crippen LogP) is 3.84. The summed E-state index contributed by atoms with van der Waals surface area (Å²) in [6.45, 7) is 5.45. The van der Waals surface area contributed by atoms with E-state index in [1.54, 1.807) is 31.7 Å². The first-order valence-corrected chi connectivity index (χ1v) is 10.7. The van der Waals surface area contributed by atoms with Crippen molar-refractivity contribution in [3.63, 3.8) is 0 Å². The van der Waals surface area contributed by atoms with Gasteiger partial charge in [-0.2, -0.15) is 0 Å². The Labute approximate surface area is 192 Å². The van der Waals surface area contributed by atoms with Crippen molar-refractivity contribution >= 4 is 29.6 Å². The van der Waals surface area contributed by atoms with Gasteiger partial charge >= 0.3 is 12.1 Å². The summed E-state index contributed by atoms with van der Waals surface area (Å²) in [5.41, 5.74) is 1.21. The zero-order chi connectivity index (χ0) is 23.9. The molecular formula is C25H26N2O6. The van der Waals surface area contributed by atoms with Crippen molar-refractivity contribution in [2.24, 2.45) is 5.92 Å². The number of anilines is 1. The van der Waals surface area contributed by atoms with Gasteiger partial charge in [-0.15, -0.1) is 0 Å². The van der Waals surface area contributed by atoms with Crippen molar-refractivity contribution in [2.45, 2.75) is 45.4 Å². The molecule has 172 valence electrons. The number of esters is 1. The van der Waals surface area contributed by atoms with Crippen LogP contribution in [0.3, 0.4) is 0 Å². The molecule has 2 aromatic carbocycles. The van der Waals surface area contributed by atoms with Crippen LogP contribution in [0.25, 0.3) is 0 Å². The Hall–Kier alpha value is -3.68. The number of methoxy groups -OCH3 is 1. The van der Waals surface area contributed by atoms with Gasteiger partial charge in [-0.1, -0.05) is 30.3 Å². The van der Waals surface area contributed by atoms with Crippen molar-refractivity contribution in [1.29, 1.82) is 0 Å². The number of fused-ring (bicyclic) bond motifs is 3. The van der Waals surface area contributed by atoms with Gasteiger partial charge in [0.15, 0.2) is 0 Å². The van der Waals surface area contributed by atoms with Crippen LogP contribution in [0.1, 0.15) is 54.7 Å². The monoisotopic (exact) mass is 450 g/mol. The molecule has 0 saturated carbocycles. The zero-order valence-corrected chi connectivity index (χ0v) is 19.0. The first-order chi connectivity index (χ1) is 15.6. The molecule has 2 aromatic rings. The molecule has 0 bridgehead atoms. The zero-order valence-electron chi connectivity index (χ0n) is 19.0. The van der Waals surface area contributed by atoms with Gasteiger partial charge in [0.2, 0.25) is 11.8 Å². The Morgan fingerprint density at radius 1 is 1.06 bits per heavy atom. The fraction of sp³-hybridized carbons (Fsp3) is 0.360. The summed E-state index contributed by atoms with van der Waals surface area (Å²) in [5, 5.41) is 0. The Bertz CT molecular complexity index is 1120. The molecule has 33 heavy (non-hydrogen) atoms. The number of imide groups is 1. The van der Waals surface area contributed by atoms with E-state index in [1.807, 2.05) is 30.3 Å². The number of carbonyl (C=O) groups excluding carboxylic acids is 4. The highest BCUT2D eigenvalue weighted by Crippen LogP contribution is 2.48. The molecule has 1 fully saturated rings. The van der Waals surface area contributed by atoms with E-state index in [4.69, 9.17) is 9.47 Å². The van der Waals surface area contributed by atoms with E-state index in [-0.39, 0.29) is 17.9 Å². The molecule has 0 radical (unpaired) electrons. The molecule has 0 spiro atoms. The van der Waals surface area contributed by atoms with Crippen LogP contribution < -0.4 is 4.90 Å². The smallest absolute Gasteiger partial charge is 0.421 e. The number of hydrogen-bond acceptors (Lipinski definition) is 6. The number of benzene rings is 2. The van der Waals surface area contributed by atoms with Gasteiger partial charge < -0.3 is 14.4 Å².